The van der Waals surface area contributed by atoms with Crippen LogP contribution in [-0.2, 0) is 0 Å². The van der Waals surface area contributed by atoms with Crippen LogP contribution in [0.4, 0.5) is 14.5 Å². The van der Waals surface area contributed by atoms with E-state index in [2.05, 4.69) is 5.32 Å². The Morgan fingerprint density at radius 3 is 2.45 bits per heavy atom. The average molecular weight is 288 g/mol. The molecule has 0 heterocycles. The Kier molecular flexibility index (Phi) is 5.09. The minimum Gasteiger partial charge on any atom is -0.391 e. The fraction of sp³-hybridized carbons (Fsp3) is 0.417. The molecule has 20 heavy (non-hydrogen) atoms. The first-order chi connectivity index (χ1) is 9.23. The van der Waals surface area contributed by atoms with E-state index in [1.807, 2.05) is 0 Å². The van der Waals surface area contributed by atoms with E-state index in [0.29, 0.717) is 12.1 Å². The van der Waals surface area contributed by atoms with Crippen LogP contribution in [0.3, 0.4) is 0 Å². The van der Waals surface area contributed by atoms with Gasteiger partial charge >= 0.3 is 0 Å². The monoisotopic (exact) mass is 288 g/mol. The summed E-state index contributed by atoms with van der Waals surface area (Å²) in [7, 11) is 0. The largest absolute Gasteiger partial charge is 0.391 e. The maximum Gasteiger partial charge on any atom is 0.285 e. The number of nitrogens with zero attached hydrogens (tertiary/aromatic N) is 1. The molecule has 1 amide bonds. The number of nitro benzene ring substituents is 1. The van der Waals surface area contributed by atoms with Crippen molar-refractivity contribution in [2.24, 2.45) is 5.92 Å². The number of aliphatic hydroxyl groups excluding tert-OH is 1. The molecule has 1 aromatic carbocycles. The van der Waals surface area contributed by atoms with Gasteiger partial charge in [0.05, 0.1) is 17.1 Å². The second-order valence-corrected chi connectivity index (χ2v) is 4.56. The first kappa shape index (κ1) is 16.0. The summed E-state index contributed by atoms with van der Waals surface area (Å²) in [5.74, 6) is -3.84. The van der Waals surface area contributed by atoms with Crippen LogP contribution in [0.1, 0.15) is 24.2 Å². The van der Waals surface area contributed by atoms with Crippen LogP contribution in [0.5, 0.6) is 0 Å². The van der Waals surface area contributed by atoms with Gasteiger partial charge in [-0.25, -0.2) is 8.78 Å². The summed E-state index contributed by atoms with van der Waals surface area (Å²) in [4.78, 5) is 21.5. The lowest BCUT2D eigenvalue weighted by Gasteiger charge is -2.15. The number of hydrogen-bond acceptors (Lipinski definition) is 4. The van der Waals surface area contributed by atoms with Crippen molar-refractivity contribution in [2.45, 2.75) is 20.0 Å². The maximum atomic E-state index is 13.1. The highest BCUT2D eigenvalue weighted by molar-refractivity contribution is 5.98. The summed E-state index contributed by atoms with van der Waals surface area (Å²) in [6, 6.07) is 0.813. The number of amides is 1. The van der Waals surface area contributed by atoms with E-state index in [1.165, 1.54) is 0 Å². The van der Waals surface area contributed by atoms with Gasteiger partial charge in [-0.1, -0.05) is 13.8 Å². The Hall–Kier alpha value is -2.09. The zero-order chi connectivity index (χ0) is 15.4. The number of halogens is 2. The van der Waals surface area contributed by atoms with Gasteiger partial charge in [0.25, 0.3) is 11.6 Å². The van der Waals surface area contributed by atoms with E-state index in [9.17, 15) is 28.8 Å². The molecule has 0 spiro atoms. The number of aliphatic hydroxyl groups is 1. The van der Waals surface area contributed by atoms with Gasteiger partial charge in [-0.15, -0.1) is 0 Å². The molecule has 1 atom stereocenters. The standard InChI is InChI=1S/C12H14F2N2O4/c1-6(2)11(17)5-15-12(18)7-3-8(13)9(14)4-10(7)16(19)20/h3-4,6,11,17H,5H2,1-2H3,(H,15,18). The van der Waals surface area contributed by atoms with Crippen molar-refractivity contribution < 1.29 is 23.6 Å². The molecule has 0 aliphatic carbocycles. The number of hydrogen-bond donors (Lipinski definition) is 2. The van der Waals surface area contributed by atoms with Gasteiger partial charge in [0.1, 0.15) is 5.56 Å². The van der Waals surface area contributed by atoms with Crippen molar-refractivity contribution in [3.05, 3.63) is 39.4 Å². The smallest absolute Gasteiger partial charge is 0.285 e. The first-order valence-corrected chi connectivity index (χ1v) is 5.83. The molecule has 110 valence electrons. The normalized spacial score (nSPS) is 12.3. The molecular formula is C12H14F2N2O4. The number of nitro groups is 1. The molecular weight excluding hydrogens is 274 g/mol. The summed E-state index contributed by atoms with van der Waals surface area (Å²) in [6.45, 7) is 3.29. The van der Waals surface area contributed by atoms with E-state index in [-0.39, 0.29) is 12.5 Å². The van der Waals surface area contributed by atoms with Crippen molar-refractivity contribution >= 4 is 11.6 Å². The number of carbonyl (C=O) groups excluding carboxylic acids is 1. The fourth-order valence-corrected chi connectivity index (χ4v) is 1.40. The molecule has 0 aliphatic rings. The SMILES string of the molecule is CC(C)C(O)CNC(=O)c1cc(F)c(F)cc1[N+](=O)[O-]. The molecule has 1 aromatic rings. The molecule has 2 N–H and O–H groups in total. The molecule has 0 saturated carbocycles. The van der Waals surface area contributed by atoms with Crippen LogP contribution in [0.25, 0.3) is 0 Å². The lowest BCUT2D eigenvalue weighted by molar-refractivity contribution is -0.385. The second kappa shape index (κ2) is 6.38. The molecule has 6 nitrogen and oxygen atoms in total. The van der Waals surface area contributed by atoms with Crippen LogP contribution in [0.15, 0.2) is 12.1 Å². The summed E-state index contributed by atoms with van der Waals surface area (Å²) < 4.78 is 26.0. The lowest BCUT2D eigenvalue weighted by Crippen LogP contribution is -2.35. The number of carbonyl (C=O) groups is 1. The highest BCUT2D eigenvalue weighted by Crippen LogP contribution is 2.22. The summed E-state index contributed by atoms with van der Waals surface area (Å²) in [5, 5.41) is 22.5. The lowest BCUT2D eigenvalue weighted by atomic mass is 10.1. The third-order valence-electron chi connectivity index (χ3n) is 2.72. The molecule has 0 fully saturated rings. The van der Waals surface area contributed by atoms with E-state index >= 15 is 0 Å². The van der Waals surface area contributed by atoms with Crippen molar-refractivity contribution in [3.63, 3.8) is 0 Å². The zero-order valence-electron chi connectivity index (χ0n) is 10.9. The van der Waals surface area contributed by atoms with Gasteiger partial charge in [-0.05, 0) is 12.0 Å². The molecule has 0 saturated heterocycles. The zero-order valence-corrected chi connectivity index (χ0v) is 10.9. The van der Waals surface area contributed by atoms with Crippen LogP contribution in [0, 0.1) is 27.7 Å². The fourth-order valence-electron chi connectivity index (χ4n) is 1.40. The van der Waals surface area contributed by atoms with Crippen molar-refractivity contribution in [2.75, 3.05) is 6.54 Å². The number of rotatable bonds is 5. The van der Waals surface area contributed by atoms with Gasteiger partial charge in [-0.3, -0.25) is 14.9 Å². The van der Waals surface area contributed by atoms with E-state index in [4.69, 9.17) is 0 Å². The van der Waals surface area contributed by atoms with Crippen molar-refractivity contribution in [1.82, 2.24) is 5.32 Å². The molecule has 1 rings (SSSR count). The summed E-state index contributed by atoms with van der Waals surface area (Å²) >= 11 is 0. The van der Waals surface area contributed by atoms with Gasteiger partial charge in [0.2, 0.25) is 0 Å². The summed E-state index contributed by atoms with van der Waals surface area (Å²) in [6.07, 6.45) is -0.844. The third-order valence-corrected chi connectivity index (χ3v) is 2.72. The van der Waals surface area contributed by atoms with Gasteiger partial charge in [0.15, 0.2) is 11.6 Å². The molecule has 0 aliphatic heterocycles. The molecule has 1 unspecified atom stereocenters. The minimum absolute atomic E-state index is 0.129. The van der Waals surface area contributed by atoms with Crippen molar-refractivity contribution in [1.29, 1.82) is 0 Å². The van der Waals surface area contributed by atoms with Crippen LogP contribution in [0.2, 0.25) is 0 Å². The van der Waals surface area contributed by atoms with E-state index in [0.717, 1.165) is 0 Å². The Morgan fingerprint density at radius 2 is 1.95 bits per heavy atom. The third kappa shape index (κ3) is 3.70. The van der Waals surface area contributed by atoms with Gasteiger partial charge in [0, 0.05) is 6.54 Å². The van der Waals surface area contributed by atoms with Crippen LogP contribution in [-0.4, -0.2) is 28.6 Å². The summed E-state index contributed by atoms with van der Waals surface area (Å²) in [5.41, 5.74) is -1.43. The highest BCUT2D eigenvalue weighted by atomic mass is 19.2. The van der Waals surface area contributed by atoms with Crippen LogP contribution < -0.4 is 5.32 Å². The van der Waals surface area contributed by atoms with Gasteiger partial charge < -0.3 is 10.4 Å². The first-order valence-electron chi connectivity index (χ1n) is 5.83. The Bertz CT molecular complexity index is 534. The van der Waals surface area contributed by atoms with E-state index in [1.54, 1.807) is 13.8 Å². The minimum atomic E-state index is -1.41. The Morgan fingerprint density at radius 1 is 1.40 bits per heavy atom. The predicted octanol–water partition coefficient (Wildman–Crippen LogP) is 1.62. The number of benzene rings is 1. The quantitative estimate of drug-likeness (QED) is 0.636. The molecule has 0 bridgehead atoms. The second-order valence-electron chi connectivity index (χ2n) is 4.56. The molecule has 0 aromatic heterocycles. The Labute approximate surface area is 113 Å². The van der Waals surface area contributed by atoms with Gasteiger partial charge in [-0.2, -0.15) is 0 Å². The van der Waals surface area contributed by atoms with E-state index < -0.39 is 39.8 Å². The highest BCUT2D eigenvalue weighted by Gasteiger charge is 2.24. The van der Waals surface area contributed by atoms with Crippen molar-refractivity contribution in [3.8, 4) is 0 Å². The Balaban J connectivity index is 2.98. The molecule has 0 radical (unpaired) electrons. The molecule has 8 heteroatoms. The average Bonchev–Trinajstić information content (AvgIpc) is 2.37. The number of nitrogens with one attached hydrogen (secondary N) is 1. The topological polar surface area (TPSA) is 92.5 Å². The predicted molar refractivity (Wildman–Crippen MR) is 66.2 cm³/mol. The van der Waals surface area contributed by atoms with Crippen LogP contribution >= 0.6 is 0 Å². The maximum absolute atomic E-state index is 13.1.